The lowest BCUT2D eigenvalue weighted by Gasteiger charge is -2.10. The highest BCUT2D eigenvalue weighted by atomic mass is 16.5. The number of ether oxygens (including phenoxy) is 1. The number of likely N-dealkylation sites (N-methyl/N-ethyl adjacent to an activating group) is 1. The molecule has 2 aromatic rings. The van der Waals surface area contributed by atoms with Crippen molar-refractivity contribution >= 4 is 0 Å². The maximum absolute atomic E-state index is 5.81. The second kappa shape index (κ2) is 6.22. The quantitative estimate of drug-likeness (QED) is 0.793. The highest BCUT2D eigenvalue weighted by molar-refractivity contribution is 5.33. The lowest BCUT2D eigenvalue weighted by molar-refractivity contribution is 0.413. The Balaban J connectivity index is 2.03. The maximum Gasteiger partial charge on any atom is 0.127 e. The van der Waals surface area contributed by atoms with Gasteiger partial charge in [0.2, 0.25) is 0 Å². The highest BCUT2D eigenvalue weighted by Crippen LogP contribution is 2.21. The second-order valence-corrected chi connectivity index (χ2v) is 4.62. The van der Waals surface area contributed by atoms with Crippen LogP contribution in [0.4, 0.5) is 0 Å². The largest absolute Gasteiger partial charge is 0.457 e. The molecule has 2 rings (SSSR count). The SMILES string of the molecule is CN(C)CCc1cccc(Oc2ccccc2)c1. The zero-order valence-corrected chi connectivity index (χ0v) is 11.0. The molecule has 0 saturated carbocycles. The van der Waals surface area contributed by atoms with Gasteiger partial charge in [0.25, 0.3) is 0 Å². The Morgan fingerprint density at radius 1 is 0.889 bits per heavy atom. The molecule has 0 aromatic heterocycles. The molecule has 0 aliphatic heterocycles. The molecule has 0 N–H and O–H groups in total. The number of hydrogen-bond donors (Lipinski definition) is 0. The van der Waals surface area contributed by atoms with Crippen LogP contribution in [0.25, 0.3) is 0 Å². The van der Waals surface area contributed by atoms with Crippen LogP contribution >= 0.6 is 0 Å². The van der Waals surface area contributed by atoms with Crippen LogP contribution in [-0.4, -0.2) is 25.5 Å². The number of benzene rings is 2. The standard InChI is InChI=1S/C16H19NO/c1-17(2)12-11-14-7-6-10-16(13-14)18-15-8-4-3-5-9-15/h3-10,13H,11-12H2,1-2H3. The highest BCUT2D eigenvalue weighted by Gasteiger charge is 1.99. The minimum atomic E-state index is 0.877. The molecule has 0 fully saturated rings. The Hall–Kier alpha value is -1.80. The molecule has 0 amide bonds. The van der Waals surface area contributed by atoms with Crippen molar-refractivity contribution in [2.75, 3.05) is 20.6 Å². The molecule has 2 heteroatoms. The Morgan fingerprint density at radius 3 is 2.33 bits per heavy atom. The van der Waals surface area contributed by atoms with Crippen LogP contribution in [0.5, 0.6) is 11.5 Å². The van der Waals surface area contributed by atoms with E-state index in [1.165, 1.54) is 5.56 Å². The average molecular weight is 241 g/mol. The van der Waals surface area contributed by atoms with Crippen LogP contribution in [-0.2, 0) is 6.42 Å². The first-order valence-electron chi connectivity index (χ1n) is 6.20. The van der Waals surface area contributed by atoms with Crippen LogP contribution in [0, 0.1) is 0 Å². The molecule has 0 aliphatic carbocycles. The first-order chi connectivity index (χ1) is 8.74. The summed E-state index contributed by atoms with van der Waals surface area (Å²) in [6.07, 6.45) is 1.04. The van der Waals surface area contributed by atoms with E-state index in [0.29, 0.717) is 0 Å². The van der Waals surface area contributed by atoms with E-state index in [2.05, 4.69) is 31.1 Å². The fourth-order valence-corrected chi connectivity index (χ4v) is 1.74. The predicted molar refractivity (Wildman–Crippen MR) is 75.2 cm³/mol. The van der Waals surface area contributed by atoms with Gasteiger partial charge in [-0.1, -0.05) is 30.3 Å². The summed E-state index contributed by atoms with van der Waals surface area (Å²) >= 11 is 0. The lowest BCUT2D eigenvalue weighted by Crippen LogP contribution is -2.14. The second-order valence-electron chi connectivity index (χ2n) is 4.62. The van der Waals surface area contributed by atoms with E-state index in [1.54, 1.807) is 0 Å². The van der Waals surface area contributed by atoms with Crippen molar-refractivity contribution in [3.8, 4) is 11.5 Å². The zero-order chi connectivity index (χ0) is 12.8. The third kappa shape index (κ3) is 3.90. The Labute approximate surface area is 109 Å². The van der Waals surface area contributed by atoms with E-state index in [4.69, 9.17) is 4.74 Å². The molecule has 2 nitrogen and oxygen atoms in total. The summed E-state index contributed by atoms with van der Waals surface area (Å²) < 4.78 is 5.81. The molecule has 0 saturated heterocycles. The average Bonchev–Trinajstić information content (AvgIpc) is 2.38. The van der Waals surface area contributed by atoms with E-state index in [-0.39, 0.29) is 0 Å². The summed E-state index contributed by atoms with van der Waals surface area (Å²) in [5.41, 5.74) is 1.30. The molecule has 0 bridgehead atoms. The van der Waals surface area contributed by atoms with Crippen molar-refractivity contribution in [1.29, 1.82) is 0 Å². The van der Waals surface area contributed by atoms with Gasteiger partial charge in [-0.05, 0) is 50.3 Å². The zero-order valence-electron chi connectivity index (χ0n) is 11.0. The van der Waals surface area contributed by atoms with E-state index >= 15 is 0 Å². The van der Waals surface area contributed by atoms with Crippen LogP contribution in [0.3, 0.4) is 0 Å². The third-order valence-corrected chi connectivity index (χ3v) is 2.73. The Bertz CT molecular complexity index is 479. The summed E-state index contributed by atoms with van der Waals surface area (Å²) in [6.45, 7) is 1.05. The predicted octanol–water partition coefficient (Wildman–Crippen LogP) is 3.58. The number of hydrogen-bond acceptors (Lipinski definition) is 2. The van der Waals surface area contributed by atoms with Crippen molar-refractivity contribution in [3.05, 3.63) is 60.2 Å². The van der Waals surface area contributed by atoms with Gasteiger partial charge in [0.05, 0.1) is 0 Å². The van der Waals surface area contributed by atoms with Gasteiger partial charge >= 0.3 is 0 Å². The van der Waals surface area contributed by atoms with Crippen LogP contribution < -0.4 is 4.74 Å². The fraction of sp³-hybridized carbons (Fsp3) is 0.250. The van der Waals surface area contributed by atoms with E-state index in [1.807, 2.05) is 42.5 Å². The van der Waals surface area contributed by atoms with Gasteiger partial charge in [-0.15, -0.1) is 0 Å². The Kier molecular flexibility index (Phi) is 4.37. The summed E-state index contributed by atoms with van der Waals surface area (Å²) in [5, 5.41) is 0. The molecular formula is C16H19NO. The third-order valence-electron chi connectivity index (χ3n) is 2.73. The summed E-state index contributed by atoms with van der Waals surface area (Å²) in [4.78, 5) is 2.19. The normalized spacial score (nSPS) is 10.6. The molecule has 94 valence electrons. The van der Waals surface area contributed by atoms with Crippen molar-refractivity contribution < 1.29 is 4.74 Å². The van der Waals surface area contributed by atoms with Crippen molar-refractivity contribution in [3.63, 3.8) is 0 Å². The first kappa shape index (κ1) is 12.7. The van der Waals surface area contributed by atoms with Crippen LogP contribution in [0.2, 0.25) is 0 Å². The molecular weight excluding hydrogens is 222 g/mol. The van der Waals surface area contributed by atoms with Crippen molar-refractivity contribution in [1.82, 2.24) is 4.90 Å². The lowest BCUT2D eigenvalue weighted by atomic mass is 10.1. The summed E-state index contributed by atoms with van der Waals surface area (Å²) in [5.74, 6) is 1.78. The Morgan fingerprint density at radius 2 is 1.61 bits per heavy atom. The van der Waals surface area contributed by atoms with Gasteiger partial charge in [-0.3, -0.25) is 0 Å². The molecule has 0 atom stereocenters. The van der Waals surface area contributed by atoms with Crippen LogP contribution in [0.15, 0.2) is 54.6 Å². The van der Waals surface area contributed by atoms with Gasteiger partial charge in [0.1, 0.15) is 11.5 Å². The number of rotatable bonds is 5. The number of nitrogens with zero attached hydrogens (tertiary/aromatic N) is 1. The molecule has 0 heterocycles. The van der Waals surface area contributed by atoms with Gasteiger partial charge in [0, 0.05) is 6.54 Å². The fourth-order valence-electron chi connectivity index (χ4n) is 1.74. The topological polar surface area (TPSA) is 12.5 Å². The van der Waals surface area contributed by atoms with E-state index in [9.17, 15) is 0 Å². The van der Waals surface area contributed by atoms with E-state index < -0.39 is 0 Å². The monoisotopic (exact) mass is 241 g/mol. The molecule has 0 spiro atoms. The molecule has 0 unspecified atom stereocenters. The smallest absolute Gasteiger partial charge is 0.127 e. The van der Waals surface area contributed by atoms with Crippen molar-refractivity contribution in [2.45, 2.75) is 6.42 Å². The number of para-hydroxylation sites is 1. The minimum Gasteiger partial charge on any atom is -0.457 e. The summed E-state index contributed by atoms with van der Waals surface area (Å²) in [6, 6.07) is 18.2. The minimum absolute atomic E-state index is 0.877. The van der Waals surface area contributed by atoms with E-state index in [0.717, 1.165) is 24.5 Å². The van der Waals surface area contributed by atoms with Crippen LogP contribution in [0.1, 0.15) is 5.56 Å². The molecule has 0 radical (unpaired) electrons. The van der Waals surface area contributed by atoms with Gasteiger partial charge in [-0.2, -0.15) is 0 Å². The summed E-state index contributed by atoms with van der Waals surface area (Å²) in [7, 11) is 4.18. The first-order valence-corrected chi connectivity index (χ1v) is 6.20. The van der Waals surface area contributed by atoms with Gasteiger partial charge in [-0.25, -0.2) is 0 Å². The maximum atomic E-state index is 5.81. The van der Waals surface area contributed by atoms with Gasteiger partial charge < -0.3 is 9.64 Å². The molecule has 18 heavy (non-hydrogen) atoms. The molecule has 2 aromatic carbocycles. The molecule has 0 aliphatic rings. The van der Waals surface area contributed by atoms with Crippen molar-refractivity contribution in [2.24, 2.45) is 0 Å². The van der Waals surface area contributed by atoms with Gasteiger partial charge in [0.15, 0.2) is 0 Å².